The number of nitrogens with zero attached hydrogens (tertiary/aromatic N) is 4. The molecule has 0 aromatic carbocycles. The molecule has 1 aliphatic heterocycles. The minimum atomic E-state index is -0.0319. The molecule has 80 valence electrons. The summed E-state index contributed by atoms with van der Waals surface area (Å²) in [6, 6.07) is 5.49. The van der Waals surface area contributed by atoms with Crippen molar-refractivity contribution >= 4 is 5.91 Å². The molecule has 0 saturated carbocycles. The van der Waals surface area contributed by atoms with Crippen LogP contribution < -0.4 is 0 Å². The van der Waals surface area contributed by atoms with Crippen LogP contribution in [-0.2, 0) is 6.54 Å². The maximum atomic E-state index is 12.0. The van der Waals surface area contributed by atoms with Crippen LogP contribution in [0.4, 0.5) is 0 Å². The van der Waals surface area contributed by atoms with Crippen molar-refractivity contribution in [3.05, 3.63) is 42.0 Å². The molecule has 0 spiro atoms. The van der Waals surface area contributed by atoms with Crippen molar-refractivity contribution in [1.29, 1.82) is 0 Å². The summed E-state index contributed by atoms with van der Waals surface area (Å²) in [6.07, 6.45) is 3.36. The predicted molar refractivity (Wildman–Crippen MR) is 57.2 cm³/mol. The monoisotopic (exact) mass is 214 g/mol. The minimum absolute atomic E-state index is 0.0319. The lowest BCUT2D eigenvalue weighted by atomic mass is 10.3. The lowest BCUT2D eigenvalue weighted by Crippen LogP contribution is -2.25. The van der Waals surface area contributed by atoms with Crippen molar-refractivity contribution in [3.63, 3.8) is 0 Å². The second kappa shape index (κ2) is 3.16. The highest BCUT2D eigenvalue weighted by Gasteiger charge is 2.24. The zero-order valence-electron chi connectivity index (χ0n) is 8.79. The van der Waals surface area contributed by atoms with E-state index in [-0.39, 0.29) is 5.91 Å². The Kier molecular flexibility index (Phi) is 1.80. The molecule has 0 aliphatic carbocycles. The summed E-state index contributed by atoms with van der Waals surface area (Å²) in [6.45, 7) is 0.512. The van der Waals surface area contributed by atoms with E-state index in [4.69, 9.17) is 0 Å². The molecule has 5 nitrogen and oxygen atoms in total. The Bertz CT molecular complexity index is 561. The van der Waals surface area contributed by atoms with Gasteiger partial charge in [-0.05, 0) is 18.2 Å². The number of aromatic nitrogens is 3. The highest BCUT2D eigenvalue weighted by molar-refractivity contribution is 5.93. The SMILES string of the molecule is CN1Cc2ncccc2-n2nccc2C1=O. The number of carbonyl (C=O) groups is 1. The van der Waals surface area contributed by atoms with Gasteiger partial charge in [0.25, 0.3) is 5.91 Å². The summed E-state index contributed by atoms with van der Waals surface area (Å²) in [5.74, 6) is -0.0319. The first kappa shape index (κ1) is 9.08. The molecule has 0 bridgehead atoms. The Morgan fingerprint density at radius 1 is 1.31 bits per heavy atom. The van der Waals surface area contributed by atoms with Crippen LogP contribution in [0.1, 0.15) is 16.2 Å². The van der Waals surface area contributed by atoms with Crippen molar-refractivity contribution in [2.75, 3.05) is 7.05 Å². The van der Waals surface area contributed by atoms with E-state index in [1.165, 1.54) is 0 Å². The first-order chi connectivity index (χ1) is 7.77. The molecule has 2 aromatic heterocycles. The molecule has 0 atom stereocenters. The molecule has 2 aromatic rings. The third kappa shape index (κ3) is 1.14. The molecular weight excluding hydrogens is 204 g/mol. The number of hydrogen-bond acceptors (Lipinski definition) is 3. The Labute approximate surface area is 92.3 Å². The van der Waals surface area contributed by atoms with Gasteiger partial charge < -0.3 is 4.90 Å². The van der Waals surface area contributed by atoms with Crippen LogP contribution in [-0.4, -0.2) is 32.6 Å². The molecule has 0 radical (unpaired) electrons. The smallest absolute Gasteiger partial charge is 0.272 e. The van der Waals surface area contributed by atoms with Crippen LogP contribution in [0.25, 0.3) is 5.69 Å². The maximum Gasteiger partial charge on any atom is 0.272 e. The van der Waals surface area contributed by atoms with E-state index < -0.39 is 0 Å². The molecule has 3 rings (SSSR count). The van der Waals surface area contributed by atoms with E-state index in [1.54, 1.807) is 35.1 Å². The van der Waals surface area contributed by atoms with Gasteiger partial charge in [0.1, 0.15) is 5.69 Å². The molecule has 16 heavy (non-hydrogen) atoms. The number of hydrogen-bond donors (Lipinski definition) is 0. The van der Waals surface area contributed by atoms with Gasteiger partial charge in [-0.15, -0.1) is 0 Å². The molecule has 0 fully saturated rings. The van der Waals surface area contributed by atoms with E-state index in [1.807, 2.05) is 12.1 Å². The van der Waals surface area contributed by atoms with Crippen LogP contribution in [0.15, 0.2) is 30.6 Å². The molecular formula is C11H10N4O. The van der Waals surface area contributed by atoms with Gasteiger partial charge >= 0.3 is 0 Å². The fourth-order valence-corrected chi connectivity index (χ4v) is 1.89. The van der Waals surface area contributed by atoms with Crippen LogP contribution in [0, 0.1) is 0 Å². The Hall–Kier alpha value is -2.17. The highest BCUT2D eigenvalue weighted by Crippen LogP contribution is 2.20. The second-order valence-corrected chi connectivity index (χ2v) is 3.76. The lowest BCUT2D eigenvalue weighted by molar-refractivity contribution is 0.0780. The normalized spacial score (nSPS) is 14.3. The topological polar surface area (TPSA) is 51.0 Å². The van der Waals surface area contributed by atoms with Crippen LogP contribution in [0.5, 0.6) is 0 Å². The van der Waals surface area contributed by atoms with E-state index >= 15 is 0 Å². The van der Waals surface area contributed by atoms with Crippen molar-refractivity contribution in [2.24, 2.45) is 0 Å². The Balaban J connectivity index is 2.31. The van der Waals surface area contributed by atoms with Gasteiger partial charge in [-0.25, -0.2) is 4.68 Å². The standard InChI is InChI=1S/C11H10N4O/c1-14-7-8-9(3-2-5-12-8)15-10(11(14)16)4-6-13-15/h2-6H,7H2,1H3. The van der Waals surface area contributed by atoms with Gasteiger partial charge in [0, 0.05) is 13.2 Å². The van der Waals surface area contributed by atoms with Gasteiger partial charge in [0.15, 0.2) is 0 Å². The first-order valence-electron chi connectivity index (χ1n) is 5.01. The lowest BCUT2D eigenvalue weighted by Gasteiger charge is -2.12. The van der Waals surface area contributed by atoms with Crippen LogP contribution >= 0.6 is 0 Å². The summed E-state index contributed by atoms with van der Waals surface area (Å²) >= 11 is 0. The average Bonchev–Trinajstić information content (AvgIpc) is 2.74. The van der Waals surface area contributed by atoms with Crippen LogP contribution in [0.3, 0.4) is 0 Å². The Morgan fingerprint density at radius 3 is 3.06 bits per heavy atom. The molecule has 0 saturated heterocycles. The van der Waals surface area contributed by atoms with E-state index in [0.29, 0.717) is 12.2 Å². The molecule has 3 heterocycles. The second-order valence-electron chi connectivity index (χ2n) is 3.76. The number of rotatable bonds is 0. The fraction of sp³-hybridized carbons (Fsp3) is 0.182. The summed E-state index contributed by atoms with van der Waals surface area (Å²) in [7, 11) is 1.77. The minimum Gasteiger partial charge on any atom is -0.334 e. The number of pyridine rings is 1. The van der Waals surface area contributed by atoms with E-state index in [0.717, 1.165) is 11.4 Å². The van der Waals surface area contributed by atoms with Crippen molar-refractivity contribution in [3.8, 4) is 5.69 Å². The van der Waals surface area contributed by atoms with Crippen molar-refractivity contribution in [1.82, 2.24) is 19.7 Å². The Morgan fingerprint density at radius 2 is 2.19 bits per heavy atom. The number of amides is 1. The predicted octanol–water partition coefficient (Wildman–Crippen LogP) is 0.853. The van der Waals surface area contributed by atoms with Gasteiger partial charge in [-0.1, -0.05) is 0 Å². The summed E-state index contributed by atoms with van der Waals surface area (Å²) in [4.78, 5) is 17.9. The average molecular weight is 214 g/mol. The zero-order chi connectivity index (χ0) is 11.1. The van der Waals surface area contributed by atoms with Gasteiger partial charge in [0.2, 0.25) is 0 Å². The number of carbonyl (C=O) groups excluding carboxylic acids is 1. The van der Waals surface area contributed by atoms with Gasteiger partial charge in [-0.2, -0.15) is 5.10 Å². The third-order valence-electron chi connectivity index (χ3n) is 2.69. The highest BCUT2D eigenvalue weighted by atomic mass is 16.2. The van der Waals surface area contributed by atoms with E-state index in [9.17, 15) is 4.79 Å². The molecule has 1 aliphatic rings. The molecule has 5 heteroatoms. The summed E-state index contributed by atoms with van der Waals surface area (Å²) in [5, 5.41) is 4.17. The van der Waals surface area contributed by atoms with E-state index in [2.05, 4.69) is 10.1 Å². The van der Waals surface area contributed by atoms with Crippen molar-refractivity contribution < 1.29 is 4.79 Å². The van der Waals surface area contributed by atoms with Gasteiger partial charge in [-0.3, -0.25) is 9.78 Å². The summed E-state index contributed by atoms with van der Waals surface area (Å²) in [5.41, 5.74) is 2.32. The first-order valence-corrected chi connectivity index (χ1v) is 5.01. The number of fused-ring (bicyclic) bond motifs is 3. The van der Waals surface area contributed by atoms with Gasteiger partial charge in [0.05, 0.1) is 24.1 Å². The largest absolute Gasteiger partial charge is 0.334 e. The molecule has 1 amide bonds. The molecule has 0 N–H and O–H groups in total. The summed E-state index contributed by atoms with van der Waals surface area (Å²) < 4.78 is 1.65. The maximum absolute atomic E-state index is 12.0. The molecule has 0 unspecified atom stereocenters. The quantitative estimate of drug-likeness (QED) is 0.653. The van der Waals surface area contributed by atoms with Crippen molar-refractivity contribution in [2.45, 2.75) is 6.54 Å². The fourth-order valence-electron chi connectivity index (χ4n) is 1.89. The van der Waals surface area contributed by atoms with Crippen LogP contribution in [0.2, 0.25) is 0 Å². The zero-order valence-corrected chi connectivity index (χ0v) is 8.79. The third-order valence-corrected chi connectivity index (χ3v) is 2.69.